The SMILES string of the molecule is CC(C)(C)OC(=O)N1CCc2c(c(N3CCOc4cc(Br)c(C(F)F)cc43)nn2C2CCOCC2)C1. The molecular formula is C25H31BrF2N4O4. The van der Waals surface area contributed by atoms with Gasteiger partial charge in [-0.05, 0) is 45.7 Å². The highest BCUT2D eigenvalue weighted by molar-refractivity contribution is 9.10. The van der Waals surface area contributed by atoms with Crippen LogP contribution >= 0.6 is 15.9 Å². The Balaban J connectivity index is 1.57. The predicted octanol–water partition coefficient (Wildman–Crippen LogP) is 5.76. The summed E-state index contributed by atoms with van der Waals surface area (Å²) < 4.78 is 46.9. The maximum atomic E-state index is 13.7. The number of fused-ring (bicyclic) bond motifs is 2. The molecule has 1 saturated heterocycles. The van der Waals surface area contributed by atoms with Gasteiger partial charge in [0, 0.05) is 47.5 Å². The Morgan fingerprint density at radius 1 is 1.19 bits per heavy atom. The fraction of sp³-hybridized carbons (Fsp3) is 0.600. The summed E-state index contributed by atoms with van der Waals surface area (Å²) in [5.74, 6) is 1.20. The van der Waals surface area contributed by atoms with Gasteiger partial charge in [0.25, 0.3) is 6.43 Å². The molecular weight excluding hydrogens is 538 g/mol. The molecule has 3 aliphatic heterocycles. The van der Waals surface area contributed by atoms with Crippen LogP contribution in [-0.2, 0) is 22.4 Å². The number of alkyl halides is 2. The van der Waals surface area contributed by atoms with Crippen molar-refractivity contribution in [1.82, 2.24) is 14.7 Å². The van der Waals surface area contributed by atoms with E-state index in [0.29, 0.717) is 67.6 Å². The zero-order chi connectivity index (χ0) is 25.6. The molecule has 5 rings (SSSR count). The maximum Gasteiger partial charge on any atom is 0.410 e. The van der Waals surface area contributed by atoms with Crippen molar-refractivity contribution in [3.63, 3.8) is 0 Å². The van der Waals surface area contributed by atoms with Crippen LogP contribution in [0.3, 0.4) is 0 Å². The molecule has 8 nitrogen and oxygen atoms in total. The second-order valence-electron chi connectivity index (χ2n) is 10.3. The quantitative estimate of drug-likeness (QED) is 0.469. The lowest BCUT2D eigenvalue weighted by Gasteiger charge is -2.33. The number of hydrogen-bond donors (Lipinski definition) is 0. The lowest BCUT2D eigenvalue weighted by atomic mass is 10.0. The van der Waals surface area contributed by atoms with Gasteiger partial charge in [-0.15, -0.1) is 0 Å². The van der Waals surface area contributed by atoms with E-state index in [1.807, 2.05) is 25.7 Å². The minimum Gasteiger partial charge on any atom is -0.489 e. The Bertz CT molecular complexity index is 1140. The fourth-order valence-electron chi connectivity index (χ4n) is 5.00. The van der Waals surface area contributed by atoms with E-state index >= 15 is 0 Å². The molecule has 0 atom stereocenters. The van der Waals surface area contributed by atoms with E-state index in [9.17, 15) is 13.6 Å². The van der Waals surface area contributed by atoms with Gasteiger partial charge in [-0.3, -0.25) is 4.68 Å². The van der Waals surface area contributed by atoms with E-state index in [4.69, 9.17) is 19.3 Å². The van der Waals surface area contributed by atoms with E-state index in [1.54, 1.807) is 11.0 Å². The van der Waals surface area contributed by atoms with Crippen molar-refractivity contribution in [1.29, 1.82) is 0 Å². The highest BCUT2D eigenvalue weighted by Gasteiger charge is 2.36. The molecule has 3 aliphatic rings. The molecule has 1 fully saturated rings. The van der Waals surface area contributed by atoms with Crippen LogP contribution in [-0.4, -0.2) is 59.3 Å². The number of hydrogen-bond acceptors (Lipinski definition) is 6. The van der Waals surface area contributed by atoms with Crippen molar-refractivity contribution in [2.45, 2.75) is 64.6 Å². The Hall–Kier alpha value is -2.40. The van der Waals surface area contributed by atoms with Crippen LogP contribution < -0.4 is 9.64 Å². The summed E-state index contributed by atoms with van der Waals surface area (Å²) in [7, 11) is 0. The van der Waals surface area contributed by atoms with Gasteiger partial charge in [0.1, 0.15) is 18.0 Å². The zero-order valence-corrected chi connectivity index (χ0v) is 22.3. The number of halogens is 3. The summed E-state index contributed by atoms with van der Waals surface area (Å²) >= 11 is 3.25. The molecule has 0 spiro atoms. The van der Waals surface area contributed by atoms with Crippen molar-refractivity contribution < 1.29 is 27.8 Å². The number of anilines is 2. The molecule has 4 heterocycles. The van der Waals surface area contributed by atoms with Crippen molar-refractivity contribution in [3.05, 3.63) is 33.4 Å². The summed E-state index contributed by atoms with van der Waals surface area (Å²) in [5.41, 5.74) is 1.85. The topological polar surface area (TPSA) is 69.1 Å². The molecule has 1 aromatic heterocycles. The average molecular weight is 569 g/mol. The lowest BCUT2D eigenvalue weighted by molar-refractivity contribution is 0.0220. The summed E-state index contributed by atoms with van der Waals surface area (Å²) in [6.07, 6.45) is -0.662. The van der Waals surface area contributed by atoms with Gasteiger partial charge in [0.15, 0.2) is 5.82 Å². The third kappa shape index (κ3) is 4.91. The van der Waals surface area contributed by atoms with Gasteiger partial charge in [-0.2, -0.15) is 5.10 Å². The lowest BCUT2D eigenvalue weighted by Crippen LogP contribution is -2.40. The van der Waals surface area contributed by atoms with Crippen molar-refractivity contribution in [2.75, 3.05) is 37.8 Å². The molecule has 1 aromatic carbocycles. The Labute approximate surface area is 217 Å². The highest BCUT2D eigenvalue weighted by atomic mass is 79.9. The van der Waals surface area contributed by atoms with Crippen LogP contribution in [0.2, 0.25) is 0 Å². The first-order chi connectivity index (χ1) is 17.1. The van der Waals surface area contributed by atoms with Crippen LogP contribution in [0.5, 0.6) is 5.75 Å². The average Bonchev–Trinajstić information content (AvgIpc) is 3.21. The minimum atomic E-state index is -2.63. The number of carbonyl (C=O) groups is 1. The summed E-state index contributed by atoms with van der Waals surface area (Å²) in [6.45, 7) is 8.60. The van der Waals surface area contributed by atoms with Crippen molar-refractivity contribution in [3.8, 4) is 5.75 Å². The van der Waals surface area contributed by atoms with E-state index < -0.39 is 12.0 Å². The number of benzene rings is 1. The molecule has 196 valence electrons. The van der Waals surface area contributed by atoms with E-state index in [0.717, 1.165) is 24.1 Å². The Morgan fingerprint density at radius 2 is 1.94 bits per heavy atom. The van der Waals surface area contributed by atoms with Crippen LogP contribution in [0.15, 0.2) is 16.6 Å². The second kappa shape index (κ2) is 9.81. The predicted molar refractivity (Wildman–Crippen MR) is 133 cm³/mol. The smallest absolute Gasteiger partial charge is 0.410 e. The molecule has 0 radical (unpaired) electrons. The highest BCUT2D eigenvalue weighted by Crippen LogP contribution is 2.44. The van der Waals surface area contributed by atoms with Crippen LogP contribution in [0.1, 0.15) is 62.9 Å². The second-order valence-corrected chi connectivity index (χ2v) is 11.2. The normalized spacial score (nSPS) is 18.6. The van der Waals surface area contributed by atoms with E-state index in [-0.39, 0.29) is 17.7 Å². The van der Waals surface area contributed by atoms with Crippen molar-refractivity contribution in [2.24, 2.45) is 0 Å². The Morgan fingerprint density at radius 3 is 2.64 bits per heavy atom. The molecule has 0 bridgehead atoms. The molecule has 0 aliphatic carbocycles. The van der Waals surface area contributed by atoms with E-state index in [1.165, 1.54) is 6.07 Å². The molecule has 0 N–H and O–H groups in total. The number of ether oxygens (including phenoxy) is 3. The number of nitrogens with zero attached hydrogens (tertiary/aromatic N) is 4. The molecule has 36 heavy (non-hydrogen) atoms. The summed E-state index contributed by atoms with van der Waals surface area (Å²) in [6, 6.07) is 3.26. The summed E-state index contributed by atoms with van der Waals surface area (Å²) in [4.78, 5) is 16.6. The monoisotopic (exact) mass is 568 g/mol. The third-order valence-corrected chi connectivity index (χ3v) is 7.37. The molecule has 0 saturated carbocycles. The number of amides is 1. The standard InChI is InChI=1S/C25H31BrF2N4O4/c1-25(2,3)36-24(33)30-7-4-19-17(14-30)23(29-32(19)15-5-9-34-10-6-15)31-8-11-35-21-13-18(26)16(22(27)28)12-20(21)31/h12-13,15,22H,4-11,14H2,1-3H3. The molecule has 0 unspecified atom stereocenters. The summed E-state index contributed by atoms with van der Waals surface area (Å²) in [5, 5.41) is 5.06. The molecule has 1 amide bonds. The Kier molecular flexibility index (Phi) is 6.88. The first-order valence-corrected chi connectivity index (χ1v) is 13.1. The van der Waals surface area contributed by atoms with Crippen molar-refractivity contribution >= 4 is 33.5 Å². The molecule has 11 heteroatoms. The molecule has 2 aromatic rings. The fourth-order valence-corrected chi connectivity index (χ4v) is 5.50. The maximum absolute atomic E-state index is 13.7. The third-order valence-electron chi connectivity index (χ3n) is 6.69. The first kappa shape index (κ1) is 25.3. The number of carbonyl (C=O) groups excluding carboxylic acids is 1. The van der Waals surface area contributed by atoms with Crippen LogP contribution in [0.25, 0.3) is 0 Å². The van der Waals surface area contributed by atoms with Gasteiger partial charge >= 0.3 is 6.09 Å². The first-order valence-electron chi connectivity index (χ1n) is 12.3. The van der Waals surface area contributed by atoms with Gasteiger partial charge in [0.05, 0.1) is 24.8 Å². The number of aromatic nitrogens is 2. The number of rotatable bonds is 3. The largest absolute Gasteiger partial charge is 0.489 e. The van der Waals surface area contributed by atoms with Gasteiger partial charge in [-0.1, -0.05) is 15.9 Å². The minimum absolute atomic E-state index is 0.0997. The van der Waals surface area contributed by atoms with Crippen LogP contribution in [0, 0.1) is 0 Å². The van der Waals surface area contributed by atoms with Crippen LogP contribution in [0.4, 0.5) is 25.1 Å². The zero-order valence-electron chi connectivity index (χ0n) is 20.7. The van der Waals surface area contributed by atoms with Gasteiger partial charge < -0.3 is 24.0 Å². The van der Waals surface area contributed by atoms with E-state index in [2.05, 4.69) is 20.6 Å². The van der Waals surface area contributed by atoms with Gasteiger partial charge in [0.2, 0.25) is 0 Å². The van der Waals surface area contributed by atoms with Gasteiger partial charge in [-0.25, -0.2) is 13.6 Å².